The number of amides is 6. The number of alkyl carbamates (subject to hydrolysis) is 2. The number of nitrogens with one attached hydrogen (secondary N) is 4. The lowest BCUT2D eigenvalue weighted by atomic mass is 9.85. The number of Topliss-reactive ketones (excluding diaryl/α,β-unsaturated/α-hetero) is 1. The van der Waals surface area contributed by atoms with E-state index in [1.807, 2.05) is 81.8 Å². The maximum atomic E-state index is 14.8. The van der Waals surface area contributed by atoms with Gasteiger partial charge in [-0.05, 0) is 73.6 Å². The van der Waals surface area contributed by atoms with Crippen molar-refractivity contribution >= 4 is 112 Å². The van der Waals surface area contributed by atoms with Crippen LogP contribution < -0.4 is 45.4 Å². The minimum absolute atomic E-state index is 0.000836. The van der Waals surface area contributed by atoms with Gasteiger partial charge in [0.05, 0.1) is 105 Å². The summed E-state index contributed by atoms with van der Waals surface area (Å²) in [6.07, 6.45) is 2.56. The highest BCUT2D eigenvalue weighted by Gasteiger charge is 2.63. The first-order valence-electron chi connectivity index (χ1n) is 41.2. The van der Waals surface area contributed by atoms with Crippen molar-refractivity contribution in [3.63, 3.8) is 0 Å². The fourth-order valence-electron chi connectivity index (χ4n) is 15.3. The molecular weight excluding hydrogens is 1680 g/mol. The molecule has 8 heterocycles. The van der Waals surface area contributed by atoms with E-state index >= 15 is 0 Å². The number of ether oxygens (including phenoxy) is 9. The van der Waals surface area contributed by atoms with E-state index < -0.39 is 150 Å². The van der Waals surface area contributed by atoms with Crippen molar-refractivity contribution in [2.45, 2.75) is 194 Å². The van der Waals surface area contributed by atoms with Gasteiger partial charge in [-0.25, -0.2) is 52.2 Å². The van der Waals surface area contributed by atoms with Crippen molar-refractivity contribution in [3.05, 3.63) is 93.6 Å². The van der Waals surface area contributed by atoms with E-state index in [1.165, 1.54) is 51.2 Å². The molecule has 38 heteroatoms. The molecule has 0 bridgehead atoms. The molecule has 6 amide bonds. The predicted molar refractivity (Wildman–Crippen MR) is 468 cm³/mol. The number of hydrogen-bond acceptors (Lipinski definition) is 27. The zero-order valence-corrected chi connectivity index (χ0v) is 77.3. The van der Waals surface area contributed by atoms with E-state index in [1.54, 1.807) is 63.7 Å². The van der Waals surface area contributed by atoms with Gasteiger partial charge in [-0.15, -0.1) is 35.8 Å². The van der Waals surface area contributed by atoms with Gasteiger partial charge in [0.25, 0.3) is 10.2 Å². The number of nitrogens with two attached hydrogens (primary N) is 1. The van der Waals surface area contributed by atoms with E-state index in [9.17, 15) is 55.2 Å². The molecule has 2 aromatic carbocycles. The number of carbonyl (C=O) groups is 8. The summed E-state index contributed by atoms with van der Waals surface area (Å²) in [6.45, 7) is 32.3. The Kier molecular flexibility index (Phi) is 30.8. The van der Waals surface area contributed by atoms with Crippen LogP contribution in [0.3, 0.4) is 0 Å². The zero-order chi connectivity index (χ0) is 91.2. The summed E-state index contributed by atoms with van der Waals surface area (Å²) in [5.74, 6) is -2.12. The van der Waals surface area contributed by atoms with E-state index in [0.29, 0.717) is 107 Å². The summed E-state index contributed by atoms with van der Waals surface area (Å²) >= 11 is 3.13. The number of esters is 1. The number of pyridine rings is 2. The average Bonchev–Trinajstić information content (AvgIpc) is 1.57. The topological polar surface area (TPSA) is 427 Å². The second kappa shape index (κ2) is 39.6. The molecule has 6 aliphatic rings. The SMILES string of the molecule is C=CC1C[C@]1(NC(=O)[C@@H]1C[C@@H](Oc2cc(-c3csc(CC(C)C)n3)nc3c(C)c(OC)ccc23)CN1C(=O)[C@@H](NC(=O)O[C@H]1CCOC1)C(C)(C)C)C(=O)CS(=O)(=O)N(C)C.C=CC1C[C@]1(NC(=O)[C@@H]1C[C@@H](Oc2cc(-c3csc(CC(C)C)n3)nc3c(C)c(OC)ccc23)CN1C(=O)[C@@H](NC(=O)O[C@H]1CCOC1)C(C)(C)C)C(=O)OC.CN(C)S(N)(=O)=O. The largest absolute Gasteiger partial charge is 0.496 e. The van der Waals surface area contributed by atoms with Crippen LogP contribution in [0, 0.1) is 48.3 Å². The number of ketones is 1. The number of thiazole rings is 2. The van der Waals surface area contributed by atoms with E-state index in [-0.39, 0.29) is 51.5 Å². The van der Waals surface area contributed by atoms with Crippen LogP contribution in [-0.4, -0.2) is 257 Å². The van der Waals surface area contributed by atoms with Crippen LogP contribution in [0.5, 0.6) is 23.0 Å². The number of carbonyl (C=O) groups excluding carboxylic acids is 8. The molecule has 6 fully saturated rings. The van der Waals surface area contributed by atoms with Crippen molar-refractivity contribution in [1.82, 2.24) is 59.6 Å². The van der Waals surface area contributed by atoms with Crippen molar-refractivity contribution < 1.29 is 97.8 Å². The maximum absolute atomic E-state index is 14.8. The lowest BCUT2D eigenvalue weighted by Gasteiger charge is -2.35. The van der Waals surface area contributed by atoms with Gasteiger partial charge in [0.15, 0.2) is 5.78 Å². The Morgan fingerprint density at radius 2 is 0.992 bits per heavy atom. The van der Waals surface area contributed by atoms with Gasteiger partial charge < -0.3 is 73.7 Å². The van der Waals surface area contributed by atoms with Crippen molar-refractivity contribution in [2.24, 2.45) is 39.6 Å². The van der Waals surface area contributed by atoms with E-state index in [4.69, 9.17) is 62.6 Å². The Morgan fingerprint density at radius 1 is 0.597 bits per heavy atom. The lowest BCUT2D eigenvalue weighted by molar-refractivity contribution is -0.148. The Balaban J connectivity index is 0.000000241. The third kappa shape index (κ3) is 22.8. The number of nitrogens with zero attached hydrogens (tertiary/aromatic N) is 8. The smallest absolute Gasteiger partial charge is 0.408 e. The van der Waals surface area contributed by atoms with Gasteiger partial charge in [-0.3, -0.25) is 24.0 Å². The molecule has 2 saturated carbocycles. The number of aryl methyl sites for hydroxylation is 2. The van der Waals surface area contributed by atoms with Crippen molar-refractivity contribution in [3.8, 4) is 45.8 Å². The first-order valence-corrected chi connectivity index (χ1v) is 46.1. The van der Waals surface area contributed by atoms with Crippen LogP contribution in [-0.2, 0) is 85.5 Å². The van der Waals surface area contributed by atoms with Gasteiger partial charge in [-0.2, -0.15) is 12.7 Å². The Bertz CT molecular complexity index is 5210. The van der Waals surface area contributed by atoms with Crippen LogP contribution in [0.4, 0.5) is 9.59 Å². The second-order valence-corrected chi connectivity index (χ2v) is 41.3. The van der Waals surface area contributed by atoms with Crippen LogP contribution >= 0.6 is 22.7 Å². The predicted octanol–water partition coefficient (Wildman–Crippen LogP) is 8.81. The molecule has 124 heavy (non-hydrogen) atoms. The summed E-state index contributed by atoms with van der Waals surface area (Å²) in [5.41, 5.74) is 1.04. The third-order valence-corrected chi connectivity index (χ3v) is 27.1. The number of sulfonamides is 1. The normalized spacial score (nSPS) is 22.9. The van der Waals surface area contributed by atoms with E-state index in [0.717, 1.165) is 48.0 Å². The Hall–Kier alpha value is -9.54. The van der Waals surface area contributed by atoms with Crippen LogP contribution in [0.15, 0.2) is 72.5 Å². The molecule has 4 aliphatic heterocycles. The number of aromatic nitrogens is 4. The molecule has 12 atom stereocenters. The van der Waals surface area contributed by atoms with Gasteiger partial charge in [0.2, 0.25) is 33.7 Å². The molecule has 0 radical (unpaired) electrons. The molecular formula is C86H119N13O21S4. The van der Waals surface area contributed by atoms with Gasteiger partial charge in [-0.1, -0.05) is 81.4 Å². The minimum Gasteiger partial charge on any atom is -0.496 e. The third-order valence-electron chi connectivity index (χ3n) is 22.6. The zero-order valence-electron chi connectivity index (χ0n) is 74.1. The van der Waals surface area contributed by atoms with Crippen LogP contribution in [0.1, 0.15) is 129 Å². The van der Waals surface area contributed by atoms with Crippen molar-refractivity contribution in [2.75, 3.05) is 94.8 Å². The fraction of sp³-hybridized carbons (Fsp3) is 0.581. The average molecular weight is 1800 g/mol. The summed E-state index contributed by atoms with van der Waals surface area (Å²) in [7, 11) is 2.50. The Labute approximate surface area is 733 Å². The second-order valence-electron chi connectivity index (χ2n) is 35.5. The molecule has 34 nitrogen and oxygen atoms in total. The lowest BCUT2D eigenvalue weighted by Crippen LogP contribution is -2.59. The number of likely N-dealkylation sites (tertiary alicyclic amines) is 2. The van der Waals surface area contributed by atoms with E-state index in [2.05, 4.69) is 67.3 Å². The van der Waals surface area contributed by atoms with Crippen molar-refractivity contribution in [1.29, 1.82) is 0 Å². The van der Waals surface area contributed by atoms with Crippen LogP contribution in [0.2, 0.25) is 0 Å². The molecule has 2 aliphatic carbocycles. The summed E-state index contributed by atoms with van der Waals surface area (Å²) < 4.78 is 99.4. The van der Waals surface area contributed by atoms with Gasteiger partial charge in [0.1, 0.15) is 88.4 Å². The first kappa shape index (κ1) is 96.7. The summed E-state index contributed by atoms with van der Waals surface area (Å²) in [4.78, 5) is 134. The monoisotopic (exact) mass is 1800 g/mol. The molecule has 2 unspecified atom stereocenters. The molecule has 4 aromatic heterocycles. The molecule has 0 spiro atoms. The van der Waals surface area contributed by atoms with Crippen LogP contribution in [0.25, 0.3) is 44.6 Å². The number of rotatable bonds is 30. The summed E-state index contributed by atoms with van der Waals surface area (Å²) in [6, 6.07) is 6.59. The minimum atomic E-state index is -3.96. The van der Waals surface area contributed by atoms with Gasteiger partial charge >= 0.3 is 18.2 Å². The highest BCUT2D eigenvalue weighted by atomic mass is 32.2. The first-order chi connectivity index (χ1) is 58.2. The quantitative estimate of drug-likeness (QED) is 0.0160. The molecule has 6 aromatic rings. The standard InChI is InChI=1S/C43H58N6O10S2.C41H53N5O9S.C2H8N2O2S/c1-11-26-19-43(26,35(50)23-61(54,55)48(8)9)47-39(51)32-17-28(20-49(32)40(52)38(42(5,6)7)46-41(53)59-27-14-15-57-21-27)58-34-18-30(31-22-60-36(44-31)16-24(2)3)45-37-25(4)33(56-10)13-12-29(34)37;1-10-24-18-41(24,38(49)52-9)45-36(47)30-16-26(19-46(30)37(48)35(40(5,6)7)44-39(50)55-25-13-14-53-20-25)54-32-17-28(29-21-56-33(42-29)15-22(2)3)43-34-23(4)31(51-8)12-11-27(32)34;1-4(2)7(3,5)6/h11-13,18,22,24,26-28,32,38H,1,14-17,19-21,23H2,2-10H3,(H,46,53)(H,47,51);10-12,17,21-22,24-26,30,35H,1,13-16,18-20H2,2-9H3,(H,44,50)(H,45,47);1-2H3,(H2,3,5,6)/t26?,27-,28+,32-,38+,43+;24?,25-,26+,30-,35+,41+;/m00./s1. The summed E-state index contributed by atoms with van der Waals surface area (Å²) in [5, 5.41) is 23.2. The number of methoxy groups -OCH3 is 3. The highest BCUT2D eigenvalue weighted by molar-refractivity contribution is 7.89. The van der Waals surface area contributed by atoms with Gasteiger partial charge in [0, 0.05) is 123 Å². The molecule has 4 saturated heterocycles. The maximum Gasteiger partial charge on any atom is 0.408 e. The Morgan fingerprint density at radius 3 is 1.32 bits per heavy atom. The molecule has 12 rings (SSSR count). The number of hydrogen-bond donors (Lipinski definition) is 5. The molecule has 678 valence electrons. The highest BCUT2D eigenvalue weighted by Crippen LogP contribution is 2.48. The molecule has 6 N–H and O–H groups in total. The number of benzene rings is 2. The fourth-order valence-corrected chi connectivity index (χ4v) is 18.1. The number of fused-ring (bicyclic) bond motifs is 2.